The zero-order valence-electron chi connectivity index (χ0n) is 8.28. The summed E-state index contributed by atoms with van der Waals surface area (Å²) in [6.07, 6.45) is 2.75. The molecule has 4 heteroatoms. The number of para-hydroxylation sites is 1. The molecule has 1 fully saturated rings. The van der Waals surface area contributed by atoms with Gasteiger partial charge in [-0.3, -0.25) is 4.68 Å². The Balaban J connectivity index is 2.18. The van der Waals surface area contributed by atoms with Gasteiger partial charge in [-0.2, -0.15) is 5.10 Å². The van der Waals surface area contributed by atoms with Crippen LogP contribution in [-0.2, 0) is 0 Å². The first-order valence-corrected chi connectivity index (χ1v) is 5.19. The Bertz CT molecular complexity index is 486. The lowest BCUT2D eigenvalue weighted by Crippen LogP contribution is -2.14. The molecule has 0 amide bonds. The Morgan fingerprint density at radius 2 is 2.40 bits per heavy atom. The van der Waals surface area contributed by atoms with E-state index in [4.69, 9.17) is 0 Å². The smallest absolute Gasteiger partial charge is 0.149 e. The molecule has 78 valence electrons. The summed E-state index contributed by atoms with van der Waals surface area (Å²) in [4.78, 5) is 0. The number of fused-ring (bicyclic) bond motifs is 1. The van der Waals surface area contributed by atoms with Crippen LogP contribution >= 0.6 is 0 Å². The summed E-state index contributed by atoms with van der Waals surface area (Å²) in [6.45, 7) is 1.87. The Morgan fingerprint density at radius 3 is 3.20 bits per heavy atom. The van der Waals surface area contributed by atoms with E-state index in [9.17, 15) is 4.39 Å². The Kier molecular flexibility index (Phi) is 1.95. The van der Waals surface area contributed by atoms with Gasteiger partial charge in [0, 0.05) is 11.9 Å². The molecule has 0 saturated carbocycles. The van der Waals surface area contributed by atoms with Crippen LogP contribution in [0.2, 0.25) is 0 Å². The molecule has 1 saturated heterocycles. The molecule has 2 aromatic rings. The van der Waals surface area contributed by atoms with Gasteiger partial charge >= 0.3 is 0 Å². The van der Waals surface area contributed by atoms with Crippen LogP contribution in [0.25, 0.3) is 10.9 Å². The molecule has 15 heavy (non-hydrogen) atoms. The van der Waals surface area contributed by atoms with Crippen molar-refractivity contribution in [3.05, 3.63) is 30.2 Å². The SMILES string of the molecule is Fc1cccc2cnn(C3CCNC3)c12. The lowest BCUT2D eigenvalue weighted by molar-refractivity contribution is 0.497. The summed E-state index contributed by atoms with van der Waals surface area (Å²) < 4.78 is 15.5. The maximum absolute atomic E-state index is 13.7. The van der Waals surface area contributed by atoms with E-state index < -0.39 is 0 Å². The second-order valence-corrected chi connectivity index (χ2v) is 3.91. The number of nitrogens with zero attached hydrogens (tertiary/aromatic N) is 2. The van der Waals surface area contributed by atoms with Gasteiger partial charge in [0.2, 0.25) is 0 Å². The zero-order chi connectivity index (χ0) is 10.3. The second-order valence-electron chi connectivity index (χ2n) is 3.91. The summed E-state index contributed by atoms with van der Waals surface area (Å²) in [5.41, 5.74) is 0.631. The highest BCUT2D eigenvalue weighted by atomic mass is 19.1. The third kappa shape index (κ3) is 1.33. The fourth-order valence-corrected chi connectivity index (χ4v) is 2.19. The third-order valence-corrected chi connectivity index (χ3v) is 2.95. The van der Waals surface area contributed by atoms with Gasteiger partial charge in [-0.1, -0.05) is 12.1 Å². The molecule has 1 N–H and O–H groups in total. The van der Waals surface area contributed by atoms with E-state index in [1.165, 1.54) is 6.07 Å². The average Bonchev–Trinajstić information content (AvgIpc) is 2.85. The fraction of sp³-hybridized carbons (Fsp3) is 0.364. The van der Waals surface area contributed by atoms with Gasteiger partial charge in [-0.25, -0.2) is 4.39 Å². The molecule has 1 aromatic heterocycles. The molecular formula is C11H12FN3. The van der Waals surface area contributed by atoms with E-state index in [-0.39, 0.29) is 5.82 Å². The van der Waals surface area contributed by atoms with Crippen LogP contribution in [0.4, 0.5) is 4.39 Å². The van der Waals surface area contributed by atoms with E-state index in [0.29, 0.717) is 11.6 Å². The summed E-state index contributed by atoms with van der Waals surface area (Å²) in [7, 11) is 0. The summed E-state index contributed by atoms with van der Waals surface area (Å²) in [5, 5.41) is 8.41. The maximum Gasteiger partial charge on any atom is 0.149 e. The van der Waals surface area contributed by atoms with Crippen molar-refractivity contribution >= 4 is 10.9 Å². The number of hydrogen-bond donors (Lipinski definition) is 1. The van der Waals surface area contributed by atoms with Crippen LogP contribution in [-0.4, -0.2) is 22.9 Å². The molecule has 0 aliphatic carbocycles. The largest absolute Gasteiger partial charge is 0.315 e. The summed E-state index contributed by atoms with van der Waals surface area (Å²) in [5.74, 6) is -0.183. The number of aromatic nitrogens is 2. The van der Waals surface area contributed by atoms with Gasteiger partial charge in [0.05, 0.1) is 12.2 Å². The number of rotatable bonds is 1. The molecule has 2 heterocycles. The molecule has 1 atom stereocenters. The first-order chi connectivity index (χ1) is 7.36. The second kappa shape index (κ2) is 3.31. The van der Waals surface area contributed by atoms with Gasteiger partial charge < -0.3 is 5.32 Å². The highest BCUT2D eigenvalue weighted by molar-refractivity contribution is 5.79. The van der Waals surface area contributed by atoms with Crippen LogP contribution in [0.15, 0.2) is 24.4 Å². The van der Waals surface area contributed by atoms with Crippen molar-refractivity contribution in [1.82, 2.24) is 15.1 Å². The minimum absolute atomic E-state index is 0.183. The number of halogens is 1. The summed E-state index contributed by atoms with van der Waals surface area (Å²) in [6, 6.07) is 5.39. The van der Waals surface area contributed by atoms with E-state index in [0.717, 1.165) is 24.9 Å². The van der Waals surface area contributed by atoms with E-state index >= 15 is 0 Å². The minimum atomic E-state index is -0.183. The first kappa shape index (κ1) is 8.85. The van der Waals surface area contributed by atoms with Gasteiger partial charge in [0.25, 0.3) is 0 Å². The van der Waals surface area contributed by atoms with Crippen molar-refractivity contribution in [1.29, 1.82) is 0 Å². The van der Waals surface area contributed by atoms with E-state index in [2.05, 4.69) is 10.4 Å². The predicted octanol–water partition coefficient (Wildman–Crippen LogP) is 1.71. The van der Waals surface area contributed by atoms with Crippen molar-refractivity contribution in [3.63, 3.8) is 0 Å². The fourth-order valence-electron chi connectivity index (χ4n) is 2.19. The van der Waals surface area contributed by atoms with E-state index in [1.54, 1.807) is 12.3 Å². The normalized spacial score (nSPS) is 21.3. The van der Waals surface area contributed by atoms with Crippen molar-refractivity contribution in [2.75, 3.05) is 13.1 Å². The lowest BCUT2D eigenvalue weighted by atomic mass is 10.2. The molecular weight excluding hydrogens is 193 g/mol. The third-order valence-electron chi connectivity index (χ3n) is 2.95. The van der Waals surface area contributed by atoms with Crippen LogP contribution < -0.4 is 5.32 Å². The van der Waals surface area contributed by atoms with Crippen LogP contribution in [0.1, 0.15) is 12.5 Å². The van der Waals surface area contributed by atoms with Crippen molar-refractivity contribution < 1.29 is 4.39 Å². The van der Waals surface area contributed by atoms with Crippen molar-refractivity contribution in [2.24, 2.45) is 0 Å². The zero-order valence-corrected chi connectivity index (χ0v) is 8.28. The monoisotopic (exact) mass is 205 g/mol. The van der Waals surface area contributed by atoms with Crippen molar-refractivity contribution in [3.8, 4) is 0 Å². The highest BCUT2D eigenvalue weighted by Gasteiger charge is 2.20. The van der Waals surface area contributed by atoms with Crippen molar-refractivity contribution in [2.45, 2.75) is 12.5 Å². The Labute approximate surface area is 86.9 Å². The first-order valence-electron chi connectivity index (χ1n) is 5.19. The molecule has 1 aliphatic heterocycles. The number of hydrogen-bond acceptors (Lipinski definition) is 2. The molecule has 0 radical (unpaired) electrons. The van der Waals surface area contributed by atoms with Gasteiger partial charge in [-0.05, 0) is 19.0 Å². The summed E-state index contributed by atoms with van der Waals surface area (Å²) >= 11 is 0. The predicted molar refractivity (Wildman–Crippen MR) is 56.2 cm³/mol. The van der Waals surface area contributed by atoms with E-state index in [1.807, 2.05) is 10.7 Å². The molecule has 3 nitrogen and oxygen atoms in total. The number of nitrogens with one attached hydrogen (secondary N) is 1. The molecule has 3 rings (SSSR count). The molecule has 1 unspecified atom stereocenters. The van der Waals surface area contributed by atoms with Crippen LogP contribution in [0, 0.1) is 5.82 Å². The maximum atomic E-state index is 13.7. The molecule has 0 bridgehead atoms. The Hall–Kier alpha value is -1.42. The molecule has 1 aliphatic rings. The minimum Gasteiger partial charge on any atom is -0.315 e. The molecule has 0 spiro atoms. The topological polar surface area (TPSA) is 29.9 Å². The van der Waals surface area contributed by atoms with Crippen LogP contribution in [0.3, 0.4) is 0 Å². The quantitative estimate of drug-likeness (QED) is 0.768. The molecule has 1 aromatic carbocycles. The van der Waals surface area contributed by atoms with Gasteiger partial charge in [0.15, 0.2) is 0 Å². The Morgan fingerprint density at radius 1 is 1.47 bits per heavy atom. The van der Waals surface area contributed by atoms with Gasteiger partial charge in [0.1, 0.15) is 11.3 Å². The average molecular weight is 205 g/mol. The van der Waals surface area contributed by atoms with Crippen LogP contribution in [0.5, 0.6) is 0 Å². The highest BCUT2D eigenvalue weighted by Crippen LogP contribution is 2.23. The lowest BCUT2D eigenvalue weighted by Gasteiger charge is -2.10. The standard InChI is InChI=1S/C11H12FN3/c12-10-3-1-2-8-6-14-15(11(8)10)9-4-5-13-7-9/h1-3,6,9,13H,4-5,7H2. The van der Waals surface area contributed by atoms with Gasteiger partial charge in [-0.15, -0.1) is 0 Å². The number of benzene rings is 1.